The molecule has 0 spiro atoms. The highest BCUT2D eigenvalue weighted by atomic mass is 16.6. The number of nitrogens with one attached hydrogen (secondary N) is 1. The molecule has 2 aromatic carbocycles. The van der Waals surface area contributed by atoms with E-state index in [1.807, 2.05) is 51.1 Å². The maximum atomic E-state index is 12.7. The zero-order valence-corrected chi connectivity index (χ0v) is 19.8. The van der Waals surface area contributed by atoms with E-state index < -0.39 is 5.60 Å². The monoisotopic (exact) mass is 463 g/mol. The lowest BCUT2D eigenvalue weighted by atomic mass is 9.98. The van der Waals surface area contributed by atoms with Crippen LogP contribution in [0.3, 0.4) is 0 Å². The first-order chi connectivity index (χ1) is 16.2. The molecule has 0 fully saturated rings. The molecule has 4 rings (SSSR count). The largest absolute Gasteiger partial charge is 0.496 e. The van der Waals surface area contributed by atoms with Crippen molar-refractivity contribution in [3.8, 4) is 17.1 Å². The van der Waals surface area contributed by atoms with E-state index in [-0.39, 0.29) is 18.3 Å². The number of aromatic amines is 1. The van der Waals surface area contributed by atoms with Gasteiger partial charge in [-0.15, -0.1) is 0 Å². The smallest absolute Gasteiger partial charge is 0.410 e. The molecule has 0 aliphatic carbocycles. The maximum absolute atomic E-state index is 12.7. The first kappa shape index (κ1) is 23.5. The van der Waals surface area contributed by atoms with Gasteiger partial charge in [0, 0.05) is 18.7 Å². The number of H-pyrrole nitrogens is 1. The summed E-state index contributed by atoms with van der Waals surface area (Å²) in [6.07, 6.45) is 2.47. The number of fused-ring (bicyclic) bond motifs is 1. The van der Waals surface area contributed by atoms with Crippen molar-refractivity contribution in [2.24, 2.45) is 0 Å². The van der Waals surface area contributed by atoms with Crippen LogP contribution in [0.2, 0.25) is 0 Å². The van der Waals surface area contributed by atoms with Gasteiger partial charge >= 0.3 is 6.09 Å². The number of rotatable bonds is 4. The third kappa shape index (κ3) is 4.97. The summed E-state index contributed by atoms with van der Waals surface area (Å²) in [6.45, 7) is 6.50. The van der Waals surface area contributed by atoms with Crippen LogP contribution in [0.5, 0.6) is 5.75 Å². The van der Waals surface area contributed by atoms with E-state index in [2.05, 4.69) is 9.97 Å². The molecule has 0 bridgehead atoms. The van der Waals surface area contributed by atoms with Crippen LogP contribution in [0.4, 0.5) is 4.79 Å². The van der Waals surface area contributed by atoms with Crippen LogP contribution in [0.25, 0.3) is 27.9 Å². The first-order valence-corrected chi connectivity index (χ1v) is 11.2. The van der Waals surface area contributed by atoms with E-state index in [4.69, 9.17) is 9.47 Å². The highest BCUT2D eigenvalue weighted by molar-refractivity contribution is 5.86. The number of carbonyl (C=O) groups excluding carboxylic acids is 1. The van der Waals surface area contributed by atoms with Gasteiger partial charge < -0.3 is 24.5 Å². The molecule has 0 saturated heterocycles. The van der Waals surface area contributed by atoms with Crippen LogP contribution in [0.15, 0.2) is 47.3 Å². The number of benzene rings is 2. The molecular formula is C26H29N3O5. The molecule has 8 heteroatoms. The van der Waals surface area contributed by atoms with Crippen molar-refractivity contribution in [1.82, 2.24) is 14.9 Å². The van der Waals surface area contributed by atoms with Crippen LogP contribution in [0, 0.1) is 0 Å². The highest BCUT2D eigenvalue weighted by Crippen LogP contribution is 2.28. The lowest BCUT2D eigenvalue weighted by Gasteiger charge is -2.29. The van der Waals surface area contributed by atoms with Crippen LogP contribution < -0.4 is 10.3 Å². The van der Waals surface area contributed by atoms with Gasteiger partial charge in [0.05, 0.1) is 19.2 Å². The summed E-state index contributed by atoms with van der Waals surface area (Å²) in [7, 11) is 1.48. The van der Waals surface area contributed by atoms with Gasteiger partial charge in [0.25, 0.3) is 5.56 Å². The average Bonchev–Trinajstić information content (AvgIpc) is 2.82. The third-order valence-electron chi connectivity index (χ3n) is 5.62. The number of aliphatic hydroxyl groups is 1. The summed E-state index contributed by atoms with van der Waals surface area (Å²) >= 11 is 0. The number of hydrogen-bond acceptors (Lipinski definition) is 6. The number of aliphatic hydroxyl groups excluding tert-OH is 1. The number of amides is 1. The molecule has 1 aliphatic rings. The van der Waals surface area contributed by atoms with Crippen LogP contribution >= 0.6 is 0 Å². The number of hydrogen-bond donors (Lipinski definition) is 2. The predicted molar refractivity (Wildman–Crippen MR) is 131 cm³/mol. The lowest BCUT2D eigenvalue weighted by molar-refractivity contribution is 0.0270. The molecule has 178 valence electrons. The maximum Gasteiger partial charge on any atom is 0.410 e. The quantitative estimate of drug-likeness (QED) is 0.603. The number of aromatic nitrogens is 2. The summed E-state index contributed by atoms with van der Waals surface area (Å²) in [4.78, 5) is 34.2. The fourth-order valence-corrected chi connectivity index (χ4v) is 3.95. The van der Waals surface area contributed by atoms with Crippen LogP contribution in [-0.4, -0.2) is 51.9 Å². The molecule has 1 amide bonds. The Morgan fingerprint density at radius 3 is 2.47 bits per heavy atom. The normalized spacial score (nSPS) is 14.1. The second-order valence-corrected chi connectivity index (χ2v) is 9.25. The zero-order chi connectivity index (χ0) is 24.5. The molecule has 0 unspecified atom stereocenters. The van der Waals surface area contributed by atoms with Gasteiger partial charge in [0.2, 0.25) is 0 Å². The van der Waals surface area contributed by atoms with Gasteiger partial charge in [-0.2, -0.15) is 0 Å². The topological polar surface area (TPSA) is 105 Å². The second-order valence-electron chi connectivity index (χ2n) is 9.25. The van der Waals surface area contributed by atoms with E-state index in [9.17, 15) is 14.7 Å². The van der Waals surface area contributed by atoms with Crippen LogP contribution in [0.1, 0.15) is 38.3 Å². The Bertz CT molecular complexity index is 1300. The molecule has 0 radical (unpaired) electrons. The Hall–Kier alpha value is -3.65. The van der Waals surface area contributed by atoms with Gasteiger partial charge in [-0.3, -0.25) is 4.79 Å². The minimum absolute atomic E-state index is 0.175. The SMILES string of the molecule is COc1cc(CO)cc2nc(-c3ccc(C4=CCN(C(=O)OC(C)(C)C)CC4)cc3)[nH]c(=O)c12. The Morgan fingerprint density at radius 2 is 1.88 bits per heavy atom. The van der Waals surface area contributed by atoms with Crippen molar-refractivity contribution in [2.45, 2.75) is 39.4 Å². The Kier molecular flexibility index (Phi) is 6.43. The molecule has 1 aromatic heterocycles. The molecule has 0 saturated carbocycles. The van der Waals surface area contributed by atoms with E-state index in [1.165, 1.54) is 7.11 Å². The lowest BCUT2D eigenvalue weighted by Crippen LogP contribution is -2.39. The molecule has 2 N–H and O–H groups in total. The van der Waals surface area contributed by atoms with Crippen molar-refractivity contribution in [2.75, 3.05) is 20.2 Å². The second kappa shape index (κ2) is 9.30. The molecular weight excluding hydrogens is 434 g/mol. The van der Waals surface area contributed by atoms with Crippen molar-refractivity contribution in [1.29, 1.82) is 0 Å². The molecule has 8 nitrogen and oxygen atoms in total. The van der Waals surface area contributed by atoms with E-state index in [0.29, 0.717) is 41.1 Å². The molecule has 2 heterocycles. The fraction of sp³-hybridized carbons (Fsp3) is 0.346. The predicted octanol–water partition coefficient (Wildman–Crippen LogP) is 4.12. The zero-order valence-electron chi connectivity index (χ0n) is 19.8. The van der Waals surface area contributed by atoms with Gasteiger partial charge in [-0.25, -0.2) is 9.78 Å². The van der Waals surface area contributed by atoms with Crippen LogP contribution in [-0.2, 0) is 11.3 Å². The highest BCUT2D eigenvalue weighted by Gasteiger charge is 2.24. The fourth-order valence-electron chi connectivity index (χ4n) is 3.95. The van der Waals surface area contributed by atoms with Gasteiger partial charge in [0.1, 0.15) is 22.6 Å². The van der Waals surface area contributed by atoms with E-state index in [0.717, 1.165) is 23.1 Å². The molecule has 34 heavy (non-hydrogen) atoms. The van der Waals surface area contributed by atoms with Gasteiger partial charge in [0.15, 0.2) is 0 Å². The standard InChI is InChI=1S/C26H29N3O5/c1-26(2,3)34-25(32)29-11-9-18(10-12-29)17-5-7-19(8-6-17)23-27-20-13-16(15-30)14-21(33-4)22(20)24(31)28-23/h5-9,13-14,30H,10-12,15H2,1-4H3,(H,27,28,31). The van der Waals surface area contributed by atoms with Crippen molar-refractivity contribution in [3.05, 3.63) is 64.0 Å². The van der Waals surface area contributed by atoms with E-state index in [1.54, 1.807) is 17.0 Å². The van der Waals surface area contributed by atoms with Crippen molar-refractivity contribution < 1.29 is 19.4 Å². The number of carbonyl (C=O) groups is 1. The van der Waals surface area contributed by atoms with Gasteiger partial charge in [-0.1, -0.05) is 30.3 Å². The van der Waals surface area contributed by atoms with E-state index >= 15 is 0 Å². The Balaban J connectivity index is 1.56. The number of ether oxygens (including phenoxy) is 2. The van der Waals surface area contributed by atoms with Crippen molar-refractivity contribution >= 4 is 22.6 Å². The third-order valence-corrected chi connectivity index (χ3v) is 5.62. The Labute approximate surface area is 197 Å². The summed E-state index contributed by atoms with van der Waals surface area (Å²) < 4.78 is 10.8. The minimum Gasteiger partial charge on any atom is -0.496 e. The molecule has 1 aliphatic heterocycles. The summed E-state index contributed by atoms with van der Waals surface area (Å²) in [5, 5.41) is 9.87. The summed E-state index contributed by atoms with van der Waals surface area (Å²) in [5.74, 6) is 0.816. The molecule has 0 atom stereocenters. The Morgan fingerprint density at radius 1 is 1.18 bits per heavy atom. The summed E-state index contributed by atoms with van der Waals surface area (Å²) in [5.41, 5.74) is 3.24. The average molecular weight is 464 g/mol. The number of methoxy groups -OCH3 is 1. The van der Waals surface area contributed by atoms with Crippen molar-refractivity contribution in [3.63, 3.8) is 0 Å². The number of nitrogens with zero attached hydrogens (tertiary/aromatic N) is 2. The first-order valence-electron chi connectivity index (χ1n) is 11.2. The summed E-state index contributed by atoms with van der Waals surface area (Å²) in [6, 6.07) is 11.1. The minimum atomic E-state index is -0.514. The molecule has 3 aromatic rings. The van der Waals surface area contributed by atoms with Gasteiger partial charge in [-0.05, 0) is 56.0 Å².